The van der Waals surface area contributed by atoms with Gasteiger partial charge in [0.25, 0.3) is 0 Å². The van der Waals surface area contributed by atoms with E-state index in [-0.39, 0.29) is 5.41 Å². The monoisotopic (exact) mass is 454 g/mol. The van der Waals surface area contributed by atoms with E-state index in [1.54, 1.807) is 0 Å². The minimum Gasteiger partial charge on any atom is -0.354 e. The van der Waals surface area contributed by atoms with Crippen LogP contribution in [0.25, 0.3) is 0 Å². The Morgan fingerprint density at radius 3 is 2.47 bits per heavy atom. The van der Waals surface area contributed by atoms with Crippen molar-refractivity contribution in [2.45, 2.75) is 81.7 Å². The van der Waals surface area contributed by atoms with Crippen LogP contribution in [-0.2, 0) is 5.41 Å². The van der Waals surface area contributed by atoms with Crippen molar-refractivity contribution >= 4 is 17.6 Å². The molecule has 2 saturated carbocycles. The molecule has 0 amide bonds. The van der Waals surface area contributed by atoms with E-state index in [0.29, 0.717) is 12.0 Å². The molecule has 0 atom stereocenters. The van der Waals surface area contributed by atoms with E-state index in [1.807, 2.05) is 18.0 Å². The maximum atomic E-state index is 5.01. The lowest BCUT2D eigenvalue weighted by Crippen LogP contribution is -2.47. The lowest BCUT2D eigenvalue weighted by atomic mass is 9.82. The van der Waals surface area contributed by atoms with Gasteiger partial charge in [-0.1, -0.05) is 27.2 Å². The maximum Gasteiger partial charge on any atom is 0.136 e. The molecule has 2 aromatic heterocycles. The normalized spacial score (nSPS) is 20.5. The van der Waals surface area contributed by atoms with Crippen LogP contribution in [0.15, 0.2) is 23.4 Å². The summed E-state index contributed by atoms with van der Waals surface area (Å²) >= 11 is 1.97. The van der Waals surface area contributed by atoms with Gasteiger partial charge >= 0.3 is 0 Å². The van der Waals surface area contributed by atoms with Crippen molar-refractivity contribution in [3.8, 4) is 0 Å². The lowest BCUT2D eigenvalue weighted by Gasteiger charge is -2.36. The van der Waals surface area contributed by atoms with E-state index in [9.17, 15) is 0 Å². The number of nitrogens with zero attached hydrogens (tertiary/aromatic N) is 6. The van der Waals surface area contributed by atoms with Gasteiger partial charge in [0.1, 0.15) is 11.6 Å². The molecule has 0 spiro atoms. The predicted octanol–water partition coefficient (Wildman–Crippen LogP) is 4.88. The Labute approximate surface area is 197 Å². The Morgan fingerprint density at radius 1 is 1.03 bits per heavy atom. The van der Waals surface area contributed by atoms with Gasteiger partial charge in [0, 0.05) is 55.0 Å². The van der Waals surface area contributed by atoms with Crippen LogP contribution in [0.2, 0.25) is 0 Å². The van der Waals surface area contributed by atoms with Crippen LogP contribution < -0.4 is 4.90 Å². The Hall–Kier alpha value is -1.60. The van der Waals surface area contributed by atoms with Gasteiger partial charge in [0.2, 0.25) is 0 Å². The van der Waals surface area contributed by atoms with Crippen LogP contribution in [0, 0.1) is 0 Å². The molecule has 1 saturated heterocycles. The van der Waals surface area contributed by atoms with Crippen LogP contribution in [0.3, 0.4) is 0 Å². The molecule has 3 heterocycles. The fourth-order valence-corrected chi connectivity index (χ4v) is 5.51. The molecule has 3 fully saturated rings. The van der Waals surface area contributed by atoms with Gasteiger partial charge in [0.05, 0.1) is 17.3 Å². The molecule has 1 aliphatic heterocycles. The first-order valence-electron chi connectivity index (χ1n) is 12.5. The molecule has 174 valence electrons. The molecular formula is C25H38N6S. The van der Waals surface area contributed by atoms with E-state index in [2.05, 4.69) is 52.5 Å². The van der Waals surface area contributed by atoms with E-state index in [1.165, 1.54) is 61.5 Å². The Kier molecular flexibility index (Phi) is 6.48. The minimum absolute atomic E-state index is 0.0110. The van der Waals surface area contributed by atoms with Gasteiger partial charge in [-0.25, -0.2) is 9.97 Å². The van der Waals surface area contributed by atoms with Crippen LogP contribution in [0.5, 0.6) is 0 Å². The summed E-state index contributed by atoms with van der Waals surface area (Å²) in [5.41, 5.74) is 1.26. The van der Waals surface area contributed by atoms with E-state index in [0.717, 1.165) is 37.8 Å². The highest BCUT2D eigenvalue weighted by atomic mass is 32.2. The number of piperazine rings is 1. The van der Waals surface area contributed by atoms with Gasteiger partial charge in [-0.15, -0.1) is 11.8 Å². The van der Waals surface area contributed by atoms with Crippen molar-refractivity contribution in [2.75, 3.05) is 43.4 Å². The lowest BCUT2D eigenvalue weighted by molar-refractivity contribution is 0.258. The molecule has 3 aliphatic rings. The van der Waals surface area contributed by atoms with Crippen molar-refractivity contribution in [1.29, 1.82) is 0 Å². The standard InChI is InChI=1S/C25H38N6S/c1-25(2,3)24-27-21(19-6-4-7-19)18-22(28-24)30-15-13-29(14-16-30)12-5-17-32-23-10-11-26-31(23)20-8-9-20/h10-11,18-20H,4-9,12-17H2,1-3H3. The van der Waals surface area contributed by atoms with Gasteiger partial charge < -0.3 is 4.90 Å². The van der Waals surface area contributed by atoms with Gasteiger partial charge in [-0.2, -0.15) is 5.10 Å². The molecule has 0 unspecified atom stereocenters. The van der Waals surface area contributed by atoms with Crippen molar-refractivity contribution < 1.29 is 0 Å². The predicted molar refractivity (Wildman–Crippen MR) is 132 cm³/mol. The average Bonchev–Trinajstić information content (AvgIpc) is 3.47. The SMILES string of the molecule is CC(C)(C)c1nc(C2CCC2)cc(N2CCN(CCCSc3ccnn3C3CC3)CC2)n1. The van der Waals surface area contributed by atoms with Crippen molar-refractivity contribution in [1.82, 2.24) is 24.6 Å². The molecule has 2 aromatic rings. The van der Waals surface area contributed by atoms with Gasteiger partial charge in [0.15, 0.2) is 0 Å². The summed E-state index contributed by atoms with van der Waals surface area (Å²) in [6.07, 6.45) is 9.69. The van der Waals surface area contributed by atoms with Gasteiger partial charge in [-0.05, 0) is 44.7 Å². The minimum atomic E-state index is -0.0110. The third kappa shape index (κ3) is 5.14. The smallest absolute Gasteiger partial charge is 0.136 e. The highest BCUT2D eigenvalue weighted by Crippen LogP contribution is 2.38. The Balaban J connectivity index is 1.12. The zero-order valence-electron chi connectivity index (χ0n) is 20.0. The van der Waals surface area contributed by atoms with E-state index in [4.69, 9.17) is 9.97 Å². The summed E-state index contributed by atoms with van der Waals surface area (Å²) < 4.78 is 2.23. The molecule has 32 heavy (non-hydrogen) atoms. The number of hydrogen-bond acceptors (Lipinski definition) is 6. The summed E-state index contributed by atoms with van der Waals surface area (Å²) in [7, 11) is 0. The molecule has 7 heteroatoms. The molecule has 0 aromatic carbocycles. The second-order valence-electron chi connectivity index (χ2n) is 10.7. The molecule has 0 N–H and O–H groups in total. The Morgan fingerprint density at radius 2 is 1.81 bits per heavy atom. The molecule has 6 nitrogen and oxygen atoms in total. The van der Waals surface area contributed by atoms with Crippen molar-refractivity contribution in [2.24, 2.45) is 0 Å². The summed E-state index contributed by atoms with van der Waals surface area (Å²) in [5.74, 6) is 3.97. The third-order valence-corrected chi connectivity index (χ3v) is 8.13. The number of rotatable bonds is 8. The largest absolute Gasteiger partial charge is 0.354 e. The van der Waals surface area contributed by atoms with Crippen molar-refractivity contribution in [3.05, 3.63) is 29.8 Å². The second kappa shape index (κ2) is 9.34. The summed E-state index contributed by atoms with van der Waals surface area (Å²) in [5, 5.41) is 5.85. The maximum absolute atomic E-state index is 5.01. The van der Waals surface area contributed by atoms with Gasteiger partial charge in [-0.3, -0.25) is 9.58 Å². The highest BCUT2D eigenvalue weighted by Gasteiger charge is 2.28. The number of aromatic nitrogens is 4. The fraction of sp³-hybridized carbons (Fsp3) is 0.720. The molecule has 2 aliphatic carbocycles. The first-order chi connectivity index (χ1) is 15.5. The molecule has 0 radical (unpaired) electrons. The summed E-state index contributed by atoms with van der Waals surface area (Å²) in [4.78, 5) is 15.1. The van der Waals surface area contributed by atoms with E-state index < -0.39 is 0 Å². The summed E-state index contributed by atoms with van der Waals surface area (Å²) in [6.45, 7) is 12.2. The van der Waals surface area contributed by atoms with Crippen LogP contribution >= 0.6 is 11.8 Å². The quantitative estimate of drug-likeness (QED) is 0.419. The number of thioether (sulfide) groups is 1. The topological polar surface area (TPSA) is 50.1 Å². The highest BCUT2D eigenvalue weighted by molar-refractivity contribution is 7.99. The average molecular weight is 455 g/mol. The van der Waals surface area contributed by atoms with E-state index >= 15 is 0 Å². The van der Waals surface area contributed by atoms with Crippen LogP contribution in [0.4, 0.5) is 5.82 Å². The first-order valence-corrected chi connectivity index (χ1v) is 13.5. The zero-order valence-corrected chi connectivity index (χ0v) is 20.8. The zero-order chi connectivity index (χ0) is 22.1. The van der Waals surface area contributed by atoms with Crippen molar-refractivity contribution in [3.63, 3.8) is 0 Å². The first kappa shape index (κ1) is 22.2. The molecular weight excluding hydrogens is 416 g/mol. The fourth-order valence-electron chi connectivity index (χ4n) is 4.54. The van der Waals surface area contributed by atoms with Crippen LogP contribution in [-0.4, -0.2) is 63.1 Å². The number of anilines is 1. The third-order valence-electron chi connectivity index (χ3n) is 7.02. The number of hydrogen-bond donors (Lipinski definition) is 0. The molecule has 0 bridgehead atoms. The molecule has 5 rings (SSSR count). The van der Waals surface area contributed by atoms with Crippen LogP contribution in [0.1, 0.15) is 82.8 Å². The second-order valence-corrected chi connectivity index (χ2v) is 11.8. The summed E-state index contributed by atoms with van der Waals surface area (Å²) in [6, 6.07) is 5.13. The Bertz CT molecular complexity index is 903.